The maximum Gasteiger partial charge on any atom is 0.111 e. The predicted octanol–water partition coefficient (Wildman–Crippen LogP) is 8.01. The van der Waals surface area contributed by atoms with Gasteiger partial charge in [0.25, 0.3) is 0 Å². The fourth-order valence-electron chi connectivity index (χ4n) is 11.4. The van der Waals surface area contributed by atoms with Crippen LogP contribution in [0, 0.1) is 0 Å². The molecule has 0 unspecified atom stereocenters. The van der Waals surface area contributed by atoms with Crippen molar-refractivity contribution < 1.29 is 0 Å². The highest BCUT2D eigenvalue weighted by molar-refractivity contribution is 5.78. The second kappa shape index (κ2) is 16.0. The SMILES string of the molecule is c1ccc2c(c1)CCN(Cc1ccc3c(c1)nc1n3CCN3CCCC[C@@H]3C1)C2.c1ccc2c(c1)CCN(Cc1ccc3c(c1)nc1n3CCN3CCCC[C@H]3C1)C2. The summed E-state index contributed by atoms with van der Waals surface area (Å²) in [6.45, 7) is 13.5. The number of hydrogen-bond acceptors (Lipinski definition) is 6. The Hall–Kier alpha value is -4.34. The van der Waals surface area contributed by atoms with Crippen LogP contribution in [0.5, 0.6) is 0 Å². The summed E-state index contributed by atoms with van der Waals surface area (Å²) in [6.07, 6.45) is 12.7. The second-order valence-corrected chi connectivity index (χ2v) is 18.2. The topological polar surface area (TPSA) is 48.6 Å². The van der Waals surface area contributed by atoms with Gasteiger partial charge < -0.3 is 9.13 Å². The lowest BCUT2D eigenvalue weighted by Gasteiger charge is -2.33. The van der Waals surface area contributed by atoms with Gasteiger partial charge in [0.15, 0.2) is 0 Å². The Kier molecular flexibility index (Phi) is 10.1. The first kappa shape index (κ1) is 36.7. The van der Waals surface area contributed by atoms with Crippen molar-refractivity contribution in [2.24, 2.45) is 0 Å². The van der Waals surface area contributed by atoms with Crippen molar-refractivity contribution in [3.63, 3.8) is 0 Å². The highest BCUT2D eigenvalue weighted by Crippen LogP contribution is 2.30. The Labute approximate surface area is 344 Å². The second-order valence-electron chi connectivity index (χ2n) is 18.2. The van der Waals surface area contributed by atoms with Gasteiger partial charge in [0.2, 0.25) is 0 Å². The summed E-state index contributed by atoms with van der Waals surface area (Å²) in [5.41, 5.74) is 13.9. The van der Waals surface area contributed by atoms with Gasteiger partial charge in [-0.3, -0.25) is 19.6 Å². The number of imidazole rings is 2. The molecule has 2 atom stereocenters. The molecule has 0 aliphatic carbocycles. The maximum atomic E-state index is 5.11. The number of aromatic nitrogens is 4. The lowest BCUT2D eigenvalue weighted by Crippen LogP contribution is -2.40. The van der Waals surface area contributed by atoms with Gasteiger partial charge >= 0.3 is 0 Å². The van der Waals surface area contributed by atoms with E-state index in [1.165, 1.54) is 132 Å². The molecule has 6 aliphatic rings. The summed E-state index contributed by atoms with van der Waals surface area (Å²) in [4.78, 5) is 20.8. The lowest BCUT2D eigenvalue weighted by atomic mass is 9.99. The first-order chi connectivity index (χ1) is 28.7. The Morgan fingerprint density at radius 1 is 0.466 bits per heavy atom. The van der Waals surface area contributed by atoms with Crippen LogP contribution in [0.25, 0.3) is 22.1 Å². The number of hydrogen-bond donors (Lipinski definition) is 0. The van der Waals surface area contributed by atoms with Gasteiger partial charge in [-0.25, -0.2) is 9.97 Å². The number of rotatable bonds is 4. The van der Waals surface area contributed by atoms with Crippen LogP contribution in [0.3, 0.4) is 0 Å². The van der Waals surface area contributed by atoms with Crippen molar-refractivity contribution in [3.05, 3.63) is 130 Å². The van der Waals surface area contributed by atoms with E-state index in [1.807, 2.05) is 0 Å². The first-order valence-electron chi connectivity index (χ1n) is 22.7. The number of fused-ring (bicyclic) bond motifs is 10. The Balaban J connectivity index is 0.000000133. The van der Waals surface area contributed by atoms with Crippen LogP contribution in [0.2, 0.25) is 0 Å². The summed E-state index contributed by atoms with van der Waals surface area (Å²) < 4.78 is 4.99. The quantitative estimate of drug-likeness (QED) is 0.181. The molecule has 0 N–H and O–H groups in total. The molecule has 6 aliphatic heterocycles. The minimum atomic E-state index is 0.703. The summed E-state index contributed by atoms with van der Waals surface area (Å²) in [5, 5.41) is 0. The molecule has 2 fully saturated rings. The zero-order valence-corrected chi connectivity index (χ0v) is 34.4. The van der Waals surface area contributed by atoms with Crippen molar-refractivity contribution in [2.45, 2.75) is 116 Å². The van der Waals surface area contributed by atoms with E-state index in [0.29, 0.717) is 12.1 Å². The lowest BCUT2D eigenvalue weighted by molar-refractivity contribution is 0.152. The largest absolute Gasteiger partial charge is 0.327 e. The van der Waals surface area contributed by atoms with Gasteiger partial charge in [-0.05, 0) is 109 Å². The minimum absolute atomic E-state index is 0.703. The smallest absolute Gasteiger partial charge is 0.111 e. The van der Waals surface area contributed by atoms with Crippen molar-refractivity contribution in [2.75, 3.05) is 39.3 Å². The van der Waals surface area contributed by atoms with E-state index in [2.05, 4.69) is 114 Å². The normalized spacial score (nSPS) is 22.7. The molecule has 8 heterocycles. The third kappa shape index (κ3) is 7.42. The molecule has 8 nitrogen and oxygen atoms in total. The highest BCUT2D eigenvalue weighted by Gasteiger charge is 2.30. The van der Waals surface area contributed by atoms with E-state index in [-0.39, 0.29) is 0 Å². The van der Waals surface area contributed by atoms with Crippen LogP contribution in [0.1, 0.15) is 83.6 Å². The van der Waals surface area contributed by atoms with Crippen LogP contribution >= 0.6 is 0 Å². The molecule has 0 bridgehead atoms. The van der Waals surface area contributed by atoms with Crippen molar-refractivity contribution >= 4 is 22.1 Å². The van der Waals surface area contributed by atoms with Crippen LogP contribution in [-0.4, -0.2) is 90.1 Å². The molecule has 8 heteroatoms. The van der Waals surface area contributed by atoms with Crippen LogP contribution in [0.4, 0.5) is 0 Å². The molecule has 2 aromatic heterocycles. The third-order valence-electron chi connectivity index (χ3n) is 14.6. The van der Waals surface area contributed by atoms with Crippen LogP contribution in [0.15, 0.2) is 84.9 Å². The molecule has 6 aromatic rings. The fraction of sp³-hybridized carbons (Fsp3) is 0.480. The van der Waals surface area contributed by atoms with Crippen molar-refractivity contribution in [1.29, 1.82) is 0 Å². The number of benzene rings is 4. The van der Waals surface area contributed by atoms with E-state index >= 15 is 0 Å². The van der Waals surface area contributed by atoms with E-state index in [0.717, 1.165) is 78.0 Å². The average Bonchev–Trinajstić information content (AvgIpc) is 3.63. The molecule has 58 heavy (non-hydrogen) atoms. The molecular weight excluding hydrogens is 713 g/mol. The molecule has 0 spiro atoms. The molecule has 0 radical (unpaired) electrons. The zero-order valence-electron chi connectivity index (χ0n) is 34.4. The van der Waals surface area contributed by atoms with Gasteiger partial charge in [0.1, 0.15) is 11.6 Å². The monoisotopic (exact) mass is 772 g/mol. The first-order valence-corrected chi connectivity index (χ1v) is 22.7. The van der Waals surface area contributed by atoms with E-state index in [1.54, 1.807) is 0 Å². The maximum absolute atomic E-state index is 5.11. The van der Waals surface area contributed by atoms with Gasteiger partial charge in [0, 0.05) is 90.4 Å². The molecule has 0 amide bonds. The van der Waals surface area contributed by atoms with Crippen LogP contribution in [-0.2, 0) is 65.0 Å². The van der Waals surface area contributed by atoms with E-state index < -0.39 is 0 Å². The summed E-state index contributed by atoms with van der Waals surface area (Å²) in [7, 11) is 0. The summed E-state index contributed by atoms with van der Waals surface area (Å²) >= 11 is 0. The molecule has 2 saturated heterocycles. The van der Waals surface area contributed by atoms with Crippen LogP contribution < -0.4 is 0 Å². The van der Waals surface area contributed by atoms with E-state index in [9.17, 15) is 0 Å². The van der Waals surface area contributed by atoms with Gasteiger partial charge in [0.05, 0.1) is 22.1 Å². The number of piperidine rings is 2. The molecule has 300 valence electrons. The summed E-state index contributed by atoms with van der Waals surface area (Å²) in [6, 6.07) is 33.2. The number of nitrogens with zero attached hydrogens (tertiary/aromatic N) is 8. The Bertz CT molecular complexity index is 2240. The zero-order chi connectivity index (χ0) is 38.4. The van der Waals surface area contributed by atoms with E-state index in [4.69, 9.17) is 9.97 Å². The Morgan fingerprint density at radius 3 is 1.41 bits per heavy atom. The minimum Gasteiger partial charge on any atom is -0.327 e. The van der Waals surface area contributed by atoms with Gasteiger partial charge in [-0.2, -0.15) is 0 Å². The molecular formula is C50H60N8. The fourth-order valence-corrected chi connectivity index (χ4v) is 11.4. The van der Waals surface area contributed by atoms with Gasteiger partial charge in [-0.1, -0.05) is 73.5 Å². The average molecular weight is 773 g/mol. The predicted molar refractivity (Wildman–Crippen MR) is 234 cm³/mol. The van der Waals surface area contributed by atoms with Crippen molar-refractivity contribution in [1.82, 2.24) is 38.7 Å². The molecule has 12 rings (SSSR count). The molecule has 0 saturated carbocycles. The standard InChI is InChI=1S/2C25H30N4/c2*1-2-6-21-18-27(12-10-20(21)5-1)17-19-8-9-24-23(15-19)26-25-16-22-7-3-4-11-28(22)13-14-29(24)25/h2*1-2,5-6,8-9,15,22H,3-4,7,10-14,16-18H2/t2*22-/m10/s1. The summed E-state index contributed by atoms with van der Waals surface area (Å²) in [5.74, 6) is 2.61. The molecule has 4 aromatic carbocycles. The third-order valence-corrected chi connectivity index (χ3v) is 14.6. The van der Waals surface area contributed by atoms with Crippen molar-refractivity contribution in [3.8, 4) is 0 Å². The van der Waals surface area contributed by atoms with Gasteiger partial charge in [-0.15, -0.1) is 0 Å². The highest BCUT2D eigenvalue weighted by atomic mass is 15.2. The Morgan fingerprint density at radius 2 is 0.931 bits per heavy atom.